The summed E-state index contributed by atoms with van der Waals surface area (Å²) in [7, 11) is 3.91. The Balaban J connectivity index is 3.61. The summed E-state index contributed by atoms with van der Waals surface area (Å²) in [5.41, 5.74) is 0. The highest BCUT2D eigenvalue weighted by Gasteiger charge is 2.10. The monoisotopic (exact) mass is 217 g/mol. The molecule has 0 N–H and O–H groups in total. The second-order valence-corrected chi connectivity index (χ2v) is 3.95. The Hall–Kier alpha value is -0.160. The van der Waals surface area contributed by atoms with Crippen LogP contribution in [0.1, 0.15) is 13.8 Å². The molecule has 1 radical (unpaired) electrons. The summed E-state index contributed by atoms with van der Waals surface area (Å²) in [4.78, 5) is 4.28. The van der Waals surface area contributed by atoms with Crippen LogP contribution in [0.25, 0.3) is 0 Å². The lowest BCUT2D eigenvalue weighted by Gasteiger charge is -2.22. The molecular formula is C11H25N2O2. The molecule has 91 valence electrons. The van der Waals surface area contributed by atoms with Crippen LogP contribution in [-0.2, 0) is 9.84 Å². The van der Waals surface area contributed by atoms with Crippen molar-refractivity contribution in [3.63, 3.8) is 0 Å². The third-order valence-electron chi connectivity index (χ3n) is 2.41. The summed E-state index contributed by atoms with van der Waals surface area (Å²) >= 11 is 0. The van der Waals surface area contributed by atoms with E-state index in [-0.39, 0.29) is 12.7 Å². The number of hydrogen-bond donors (Lipinski definition) is 0. The summed E-state index contributed by atoms with van der Waals surface area (Å²) in [6, 6.07) is 0. The molecule has 0 aliphatic carbocycles. The van der Waals surface area contributed by atoms with Gasteiger partial charge in [0.05, 0.1) is 12.7 Å². The van der Waals surface area contributed by atoms with Crippen LogP contribution in [0.5, 0.6) is 0 Å². The zero-order valence-corrected chi connectivity index (χ0v) is 10.5. The van der Waals surface area contributed by atoms with E-state index in [0.29, 0.717) is 13.2 Å². The Labute approximate surface area is 93.8 Å². The van der Waals surface area contributed by atoms with Crippen molar-refractivity contribution >= 4 is 0 Å². The van der Waals surface area contributed by atoms with E-state index in [0.717, 1.165) is 19.6 Å². The van der Waals surface area contributed by atoms with Gasteiger partial charge in [0, 0.05) is 13.1 Å². The fourth-order valence-corrected chi connectivity index (χ4v) is 1.45. The average Bonchev–Trinajstić information content (AvgIpc) is 2.22. The maximum atomic E-state index is 10.8. The van der Waals surface area contributed by atoms with Crippen LogP contribution >= 0.6 is 0 Å². The molecule has 4 heteroatoms. The van der Waals surface area contributed by atoms with Gasteiger partial charge in [0.2, 0.25) is 0 Å². The molecule has 0 fully saturated rings. The Morgan fingerprint density at radius 2 is 1.80 bits per heavy atom. The van der Waals surface area contributed by atoms with E-state index in [1.54, 1.807) is 0 Å². The van der Waals surface area contributed by atoms with E-state index in [9.17, 15) is 5.11 Å². The van der Waals surface area contributed by atoms with Crippen LogP contribution < -0.4 is 0 Å². The summed E-state index contributed by atoms with van der Waals surface area (Å²) in [5, 5.41) is 10.8. The van der Waals surface area contributed by atoms with Gasteiger partial charge in [-0.25, -0.2) is 5.11 Å². The van der Waals surface area contributed by atoms with E-state index in [2.05, 4.69) is 18.7 Å². The largest absolute Gasteiger partial charge is 0.373 e. The molecule has 0 rings (SSSR count). The van der Waals surface area contributed by atoms with E-state index < -0.39 is 0 Å². The lowest BCUT2D eigenvalue weighted by molar-refractivity contribution is -0.0263. The number of likely N-dealkylation sites (N-methyl/N-ethyl adjacent to an activating group) is 2. The first-order valence-corrected chi connectivity index (χ1v) is 5.70. The summed E-state index contributed by atoms with van der Waals surface area (Å²) in [6.07, 6.45) is -0.171. The summed E-state index contributed by atoms with van der Waals surface area (Å²) in [6.45, 7) is 8.46. The quantitative estimate of drug-likeness (QED) is 0.570. The molecule has 0 aromatic heterocycles. The summed E-state index contributed by atoms with van der Waals surface area (Å²) in [5.74, 6) is 0. The molecule has 0 spiro atoms. The number of hydrogen-bond acceptors (Lipinski definition) is 3. The van der Waals surface area contributed by atoms with Gasteiger partial charge in [-0.2, -0.15) is 0 Å². The molecule has 0 saturated heterocycles. The van der Waals surface area contributed by atoms with E-state index >= 15 is 0 Å². The van der Waals surface area contributed by atoms with Crippen molar-refractivity contribution < 1.29 is 9.84 Å². The molecule has 0 saturated carbocycles. The zero-order valence-electron chi connectivity index (χ0n) is 10.5. The van der Waals surface area contributed by atoms with Crippen LogP contribution in [0.15, 0.2) is 0 Å². The minimum Gasteiger partial charge on any atom is -0.373 e. The fourth-order valence-electron chi connectivity index (χ4n) is 1.45. The third kappa shape index (κ3) is 7.73. The van der Waals surface area contributed by atoms with Crippen molar-refractivity contribution in [2.24, 2.45) is 0 Å². The van der Waals surface area contributed by atoms with Crippen molar-refractivity contribution in [2.45, 2.75) is 20.0 Å². The van der Waals surface area contributed by atoms with Gasteiger partial charge >= 0.3 is 0 Å². The minimum atomic E-state index is -0.171. The van der Waals surface area contributed by atoms with Crippen molar-refractivity contribution in [3.05, 3.63) is 0 Å². The molecule has 0 aromatic rings. The first kappa shape index (κ1) is 14.8. The Morgan fingerprint density at radius 3 is 2.20 bits per heavy atom. The van der Waals surface area contributed by atoms with Crippen LogP contribution in [0.4, 0.5) is 0 Å². The molecule has 0 amide bonds. The Morgan fingerprint density at radius 1 is 1.20 bits per heavy atom. The standard InChI is InChI=1S/C11H25N2O2/c1-5-13(6-2)7-8-15-11(10-14)9-12(3)4/h11H,5-10H2,1-4H3. The maximum Gasteiger partial charge on any atom is 0.110 e. The van der Waals surface area contributed by atoms with Gasteiger partial charge in [-0.3, -0.25) is 0 Å². The molecular weight excluding hydrogens is 192 g/mol. The topological polar surface area (TPSA) is 35.6 Å². The summed E-state index contributed by atoms with van der Waals surface area (Å²) < 4.78 is 5.54. The van der Waals surface area contributed by atoms with E-state index in [1.165, 1.54) is 0 Å². The first-order valence-electron chi connectivity index (χ1n) is 5.70. The first-order chi connectivity index (χ1) is 7.13. The molecule has 15 heavy (non-hydrogen) atoms. The van der Waals surface area contributed by atoms with Crippen LogP contribution in [-0.4, -0.2) is 69.4 Å². The van der Waals surface area contributed by atoms with Crippen molar-refractivity contribution in [3.8, 4) is 0 Å². The lowest BCUT2D eigenvalue weighted by atomic mass is 10.3. The number of nitrogens with zero attached hydrogens (tertiary/aromatic N) is 2. The fraction of sp³-hybridized carbons (Fsp3) is 1.00. The third-order valence-corrected chi connectivity index (χ3v) is 2.41. The normalized spacial score (nSPS) is 13.8. The predicted octanol–water partition coefficient (Wildman–Crippen LogP) is 0.706. The Bertz CT molecular complexity index is 139. The SMILES string of the molecule is CCN(CC)CCOC(C[O])CN(C)C. The van der Waals surface area contributed by atoms with Gasteiger partial charge in [-0.1, -0.05) is 13.8 Å². The molecule has 0 aliphatic rings. The van der Waals surface area contributed by atoms with Gasteiger partial charge in [-0.15, -0.1) is 0 Å². The van der Waals surface area contributed by atoms with E-state index in [4.69, 9.17) is 4.74 Å². The molecule has 0 heterocycles. The highest BCUT2D eigenvalue weighted by atomic mass is 16.5. The molecule has 1 atom stereocenters. The molecule has 1 unspecified atom stereocenters. The number of rotatable bonds is 9. The van der Waals surface area contributed by atoms with Gasteiger partial charge in [0.1, 0.15) is 6.61 Å². The highest BCUT2D eigenvalue weighted by molar-refractivity contribution is 4.60. The second-order valence-electron chi connectivity index (χ2n) is 3.95. The molecule has 4 nitrogen and oxygen atoms in total. The highest BCUT2D eigenvalue weighted by Crippen LogP contribution is 1.95. The maximum absolute atomic E-state index is 10.8. The van der Waals surface area contributed by atoms with Crippen molar-refractivity contribution in [1.82, 2.24) is 9.80 Å². The van der Waals surface area contributed by atoms with Crippen LogP contribution in [0.3, 0.4) is 0 Å². The smallest absolute Gasteiger partial charge is 0.110 e. The minimum absolute atomic E-state index is 0.156. The molecule has 0 aliphatic heterocycles. The molecule has 0 aromatic carbocycles. The van der Waals surface area contributed by atoms with Crippen LogP contribution in [0, 0.1) is 0 Å². The van der Waals surface area contributed by atoms with E-state index in [1.807, 2.05) is 19.0 Å². The van der Waals surface area contributed by atoms with Gasteiger partial charge < -0.3 is 14.5 Å². The molecule has 0 bridgehead atoms. The average molecular weight is 217 g/mol. The zero-order chi connectivity index (χ0) is 11.7. The predicted molar refractivity (Wildman–Crippen MR) is 61.6 cm³/mol. The van der Waals surface area contributed by atoms with Crippen LogP contribution in [0.2, 0.25) is 0 Å². The lowest BCUT2D eigenvalue weighted by Crippen LogP contribution is -2.34. The van der Waals surface area contributed by atoms with Crippen molar-refractivity contribution in [1.29, 1.82) is 0 Å². The van der Waals surface area contributed by atoms with Crippen molar-refractivity contribution in [2.75, 3.05) is 53.5 Å². The second kappa shape index (κ2) is 9.09. The number of ether oxygens (including phenoxy) is 1. The van der Waals surface area contributed by atoms with Gasteiger partial charge in [-0.05, 0) is 27.2 Å². The Kier molecular flexibility index (Phi) is 9.00. The van der Waals surface area contributed by atoms with Gasteiger partial charge in [0.15, 0.2) is 0 Å². The van der Waals surface area contributed by atoms with Gasteiger partial charge in [0.25, 0.3) is 0 Å².